The van der Waals surface area contributed by atoms with E-state index in [0.29, 0.717) is 22.8 Å². The summed E-state index contributed by atoms with van der Waals surface area (Å²) in [6, 6.07) is 2.37. The van der Waals surface area contributed by atoms with E-state index in [1.165, 1.54) is 19.2 Å². The van der Waals surface area contributed by atoms with Gasteiger partial charge in [0.05, 0.1) is 10.9 Å². The molecule has 0 atom stereocenters. The zero-order valence-electron chi connectivity index (χ0n) is 11.7. The molecular formula is C15H15FN4S. The van der Waals surface area contributed by atoms with Crippen LogP contribution in [0.2, 0.25) is 0 Å². The number of hydrogen-bond donors (Lipinski definition) is 0. The molecule has 0 aromatic carbocycles. The molecule has 21 heavy (non-hydrogen) atoms. The molecule has 0 radical (unpaired) electrons. The van der Waals surface area contributed by atoms with Gasteiger partial charge in [-0.15, -0.1) is 11.3 Å². The maximum Gasteiger partial charge on any atom is 0.227 e. The SMILES string of the molecule is Cc1csc(-c2nn(C3CCCC3)c3ncnc(F)c23)c1. The molecule has 0 N–H and O–H groups in total. The van der Waals surface area contributed by atoms with Crippen molar-refractivity contribution < 1.29 is 4.39 Å². The van der Waals surface area contributed by atoms with Crippen molar-refractivity contribution in [3.8, 4) is 10.6 Å². The van der Waals surface area contributed by atoms with Crippen LogP contribution in [0.25, 0.3) is 21.6 Å². The minimum atomic E-state index is -0.481. The van der Waals surface area contributed by atoms with E-state index in [1.807, 2.05) is 17.7 Å². The maximum atomic E-state index is 14.2. The van der Waals surface area contributed by atoms with Gasteiger partial charge in [0.25, 0.3) is 0 Å². The van der Waals surface area contributed by atoms with Crippen LogP contribution in [-0.4, -0.2) is 19.7 Å². The number of thiophene rings is 1. The van der Waals surface area contributed by atoms with Crippen LogP contribution in [0.1, 0.15) is 37.3 Å². The number of hydrogen-bond acceptors (Lipinski definition) is 4. The van der Waals surface area contributed by atoms with Crippen molar-refractivity contribution in [2.24, 2.45) is 0 Å². The quantitative estimate of drug-likeness (QED) is 0.669. The summed E-state index contributed by atoms with van der Waals surface area (Å²) in [6.45, 7) is 2.03. The first kappa shape index (κ1) is 12.9. The molecule has 1 saturated carbocycles. The van der Waals surface area contributed by atoms with E-state index in [4.69, 9.17) is 5.10 Å². The summed E-state index contributed by atoms with van der Waals surface area (Å²) < 4.78 is 16.2. The first-order chi connectivity index (χ1) is 10.2. The molecule has 3 aromatic heterocycles. The third kappa shape index (κ3) is 2.05. The Balaban J connectivity index is 1.97. The van der Waals surface area contributed by atoms with Crippen molar-refractivity contribution in [1.82, 2.24) is 19.7 Å². The number of aryl methyl sites for hydroxylation is 1. The predicted octanol–water partition coefficient (Wildman–Crippen LogP) is 4.12. The lowest BCUT2D eigenvalue weighted by Crippen LogP contribution is -2.07. The normalized spacial score (nSPS) is 16.1. The van der Waals surface area contributed by atoms with Gasteiger partial charge >= 0.3 is 0 Å². The summed E-state index contributed by atoms with van der Waals surface area (Å²) in [5.74, 6) is -0.481. The van der Waals surface area contributed by atoms with E-state index < -0.39 is 5.95 Å². The van der Waals surface area contributed by atoms with Gasteiger partial charge in [0.2, 0.25) is 5.95 Å². The van der Waals surface area contributed by atoms with Crippen LogP contribution in [0.15, 0.2) is 17.8 Å². The van der Waals surface area contributed by atoms with E-state index in [-0.39, 0.29) is 0 Å². The number of fused-ring (bicyclic) bond motifs is 1. The second-order valence-corrected chi connectivity index (χ2v) is 6.49. The van der Waals surface area contributed by atoms with Gasteiger partial charge < -0.3 is 0 Å². The molecule has 4 rings (SSSR count). The summed E-state index contributed by atoms with van der Waals surface area (Å²) in [7, 11) is 0. The van der Waals surface area contributed by atoms with Gasteiger partial charge in [0, 0.05) is 0 Å². The van der Waals surface area contributed by atoms with Gasteiger partial charge in [-0.1, -0.05) is 12.8 Å². The Labute approximate surface area is 125 Å². The smallest absolute Gasteiger partial charge is 0.227 e. The predicted molar refractivity (Wildman–Crippen MR) is 80.8 cm³/mol. The first-order valence-electron chi connectivity index (χ1n) is 7.18. The minimum Gasteiger partial charge on any atom is -0.243 e. The van der Waals surface area contributed by atoms with Crippen LogP contribution in [0.5, 0.6) is 0 Å². The summed E-state index contributed by atoms with van der Waals surface area (Å²) in [4.78, 5) is 8.98. The number of aromatic nitrogens is 4. The van der Waals surface area contributed by atoms with Gasteiger partial charge in [0.1, 0.15) is 17.4 Å². The van der Waals surface area contributed by atoms with Crippen LogP contribution >= 0.6 is 11.3 Å². The highest BCUT2D eigenvalue weighted by atomic mass is 32.1. The first-order valence-corrected chi connectivity index (χ1v) is 8.06. The molecule has 0 amide bonds. The zero-order valence-corrected chi connectivity index (χ0v) is 12.5. The third-order valence-corrected chi connectivity index (χ3v) is 5.13. The Kier molecular flexibility index (Phi) is 2.99. The highest BCUT2D eigenvalue weighted by molar-refractivity contribution is 7.13. The molecule has 3 heterocycles. The van der Waals surface area contributed by atoms with Crippen LogP contribution in [0.3, 0.4) is 0 Å². The van der Waals surface area contributed by atoms with Gasteiger partial charge in [-0.25, -0.2) is 14.6 Å². The van der Waals surface area contributed by atoms with E-state index in [0.717, 1.165) is 23.3 Å². The average molecular weight is 302 g/mol. The molecule has 108 valence electrons. The van der Waals surface area contributed by atoms with Crippen molar-refractivity contribution in [3.05, 3.63) is 29.3 Å². The van der Waals surface area contributed by atoms with Crippen molar-refractivity contribution in [2.75, 3.05) is 0 Å². The summed E-state index contributed by atoms with van der Waals surface area (Å²) in [6.07, 6.45) is 5.87. The van der Waals surface area contributed by atoms with E-state index in [2.05, 4.69) is 15.3 Å². The molecule has 4 nitrogen and oxygen atoms in total. The fraction of sp³-hybridized carbons (Fsp3) is 0.400. The Morgan fingerprint density at radius 3 is 2.81 bits per heavy atom. The van der Waals surface area contributed by atoms with E-state index in [1.54, 1.807) is 11.3 Å². The highest BCUT2D eigenvalue weighted by Crippen LogP contribution is 2.37. The van der Waals surface area contributed by atoms with E-state index >= 15 is 0 Å². The third-order valence-electron chi connectivity index (χ3n) is 4.08. The second-order valence-electron chi connectivity index (χ2n) is 5.58. The van der Waals surface area contributed by atoms with Crippen molar-refractivity contribution >= 4 is 22.4 Å². The standard InChI is InChI=1S/C15H15FN4S/c1-9-6-11(21-7-9)13-12-14(16)17-8-18-15(12)20(19-13)10-4-2-3-5-10/h6-8,10H,2-5H2,1H3. The topological polar surface area (TPSA) is 43.6 Å². The summed E-state index contributed by atoms with van der Waals surface area (Å²) in [5.41, 5.74) is 2.46. The largest absolute Gasteiger partial charge is 0.243 e. The number of halogens is 1. The Hall–Kier alpha value is -1.82. The molecule has 0 aliphatic heterocycles. The molecule has 3 aromatic rings. The van der Waals surface area contributed by atoms with Gasteiger partial charge in [-0.2, -0.15) is 9.49 Å². The lowest BCUT2D eigenvalue weighted by molar-refractivity contribution is 0.479. The second kappa shape index (κ2) is 4.87. The molecule has 0 saturated heterocycles. The van der Waals surface area contributed by atoms with Gasteiger partial charge in [0.15, 0.2) is 5.65 Å². The Morgan fingerprint density at radius 2 is 2.10 bits per heavy atom. The molecule has 0 spiro atoms. The van der Waals surface area contributed by atoms with Crippen LogP contribution in [0, 0.1) is 12.9 Å². The molecule has 0 bridgehead atoms. The Bertz CT molecular complexity index is 801. The number of nitrogens with zero attached hydrogens (tertiary/aromatic N) is 4. The van der Waals surface area contributed by atoms with Crippen LogP contribution < -0.4 is 0 Å². The minimum absolute atomic E-state index is 0.330. The molecular weight excluding hydrogens is 287 g/mol. The number of rotatable bonds is 2. The fourth-order valence-corrected chi connectivity index (χ4v) is 3.96. The zero-order chi connectivity index (χ0) is 14.4. The lowest BCUT2D eigenvalue weighted by Gasteiger charge is -2.09. The molecule has 1 aliphatic rings. The molecule has 1 aliphatic carbocycles. The highest BCUT2D eigenvalue weighted by Gasteiger charge is 2.25. The van der Waals surface area contributed by atoms with Gasteiger partial charge in [-0.05, 0) is 36.8 Å². The maximum absolute atomic E-state index is 14.2. The monoisotopic (exact) mass is 302 g/mol. The molecule has 6 heteroatoms. The molecule has 0 unspecified atom stereocenters. The van der Waals surface area contributed by atoms with E-state index in [9.17, 15) is 4.39 Å². The average Bonchev–Trinajstić information content (AvgIpc) is 3.16. The van der Waals surface area contributed by atoms with Crippen molar-refractivity contribution in [1.29, 1.82) is 0 Å². The summed E-state index contributed by atoms with van der Waals surface area (Å²) in [5, 5.41) is 7.20. The fourth-order valence-electron chi connectivity index (χ4n) is 3.07. The van der Waals surface area contributed by atoms with Crippen LogP contribution in [-0.2, 0) is 0 Å². The molecule has 1 fully saturated rings. The van der Waals surface area contributed by atoms with Crippen molar-refractivity contribution in [2.45, 2.75) is 38.6 Å². The van der Waals surface area contributed by atoms with Crippen LogP contribution in [0.4, 0.5) is 4.39 Å². The Morgan fingerprint density at radius 1 is 1.29 bits per heavy atom. The summed E-state index contributed by atoms with van der Waals surface area (Å²) >= 11 is 1.58. The van der Waals surface area contributed by atoms with Gasteiger partial charge in [-0.3, -0.25) is 0 Å². The lowest BCUT2D eigenvalue weighted by atomic mass is 10.2. The van der Waals surface area contributed by atoms with Crippen molar-refractivity contribution in [3.63, 3.8) is 0 Å².